The Kier molecular flexibility index (Phi) is 6.61. The maximum Gasteiger partial charge on any atom is 0.208 e. The zero-order valence-electron chi connectivity index (χ0n) is 10.3. The molecule has 1 aromatic heterocycles. The van der Waals surface area contributed by atoms with Crippen molar-refractivity contribution in [1.29, 1.82) is 0 Å². The Labute approximate surface area is 106 Å². The van der Waals surface area contributed by atoms with E-state index in [9.17, 15) is 0 Å². The van der Waals surface area contributed by atoms with Gasteiger partial charge in [0, 0.05) is 33.9 Å². The summed E-state index contributed by atoms with van der Waals surface area (Å²) in [6.07, 6.45) is 0.897. The number of nitrogens with two attached hydrogens (primary N) is 1. The van der Waals surface area contributed by atoms with Crippen molar-refractivity contribution in [2.45, 2.75) is 13.0 Å². The second-order valence-corrected chi connectivity index (χ2v) is 4.46. The molecular weight excluding hydrogens is 236 g/mol. The first-order valence-electron chi connectivity index (χ1n) is 5.50. The van der Waals surface area contributed by atoms with Crippen LogP contribution in [0.4, 0.5) is 0 Å². The molecule has 6 heteroatoms. The van der Waals surface area contributed by atoms with Crippen molar-refractivity contribution in [3.05, 3.63) is 22.4 Å². The third kappa shape index (κ3) is 5.16. The lowest BCUT2D eigenvalue weighted by Crippen LogP contribution is -2.42. The summed E-state index contributed by atoms with van der Waals surface area (Å²) in [7, 11) is 3.65. The van der Waals surface area contributed by atoms with Crippen molar-refractivity contribution in [1.82, 2.24) is 10.3 Å². The largest absolute Gasteiger partial charge is 0.385 e. The number of aliphatic imine (C=N–C) groups is 1. The lowest BCUT2D eigenvalue weighted by atomic mass is 10.3. The Morgan fingerprint density at radius 1 is 1.65 bits per heavy atom. The Bertz CT molecular complexity index is 326. The Hall–Kier alpha value is -1.11. The Morgan fingerprint density at radius 3 is 3.06 bits per heavy atom. The van der Waals surface area contributed by atoms with Gasteiger partial charge in [-0.25, -0.2) is 5.84 Å². The van der Waals surface area contributed by atoms with E-state index in [4.69, 9.17) is 10.6 Å². The van der Waals surface area contributed by atoms with E-state index >= 15 is 0 Å². The van der Waals surface area contributed by atoms with Gasteiger partial charge in [-0.1, -0.05) is 0 Å². The van der Waals surface area contributed by atoms with Crippen molar-refractivity contribution in [2.24, 2.45) is 10.8 Å². The smallest absolute Gasteiger partial charge is 0.208 e. The summed E-state index contributed by atoms with van der Waals surface area (Å²) in [5.41, 5.74) is 3.89. The number of hydrogen-bond donors (Lipinski definition) is 2. The van der Waals surface area contributed by atoms with E-state index in [0.717, 1.165) is 19.6 Å². The van der Waals surface area contributed by atoms with Crippen LogP contribution in [0.3, 0.4) is 0 Å². The third-order valence-corrected chi connectivity index (χ3v) is 2.99. The molecule has 0 aliphatic heterocycles. The summed E-state index contributed by atoms with van der Waals surface area (Å²) >= 11 is 1.69. The lowest BCUT2D eigenvalue weighted by molar-refractivity contribution is 0.197. The molecule has 0 saturated heterocycles. The number of thiophene rings is 1. The van der Waals surface area contributed by atoms with Gasteiger partial charge in [0.05, 0.1) is 0 Å². The van der Waals surface area contributed by atoms with Crippen molar-refractivity contribution < 1.29 is 4.74 Å². The predicted octanol–water partition coefficient (Wildman–Crippen LogP) is 1.04. The van der Waals surface area contributed by atoms with Crippen LogP contribution in [0.2, 0.25) is 0 Å². The zero-order valence-corrected chi connectivity index (χ0v) is 11.2. The minimum Gasteiger partial charge on any atom is -0.385 e. The molecule has 96 valence electrons. The number of nitrogens with zero attached hydrogens (tertiary/aromatic N) is 2. The van der Waals surface area contributed by atoms with E-state index in [1.165, 1.54) is 5.56 Å². The van der Waals surface area contributed by atoms with Gasteiger partial charge in [0.15, 0.2) is 0 Å². The molecule has 0 atom stereocenters. The van der Waals surface area contributed by atoms with E-state index in [1.54, 1.807) is 18.4 Å². The number of hydrazine groups is 1. The van der Waals surface area contributed by atoms with E-state index in [2.05, 4.69) is 27.2 Å². The maximum absolute atomic E-state index is 5.47. The molecular formula is C11H20N4OS. The molecule has 0 fully saturated rings. The van der Waals surface area contributed by atoms with Gasteiger partial charge in [-0.15, -0.1) is 0 Å². The average Bonchev–Trinajstić information content (AvgIpc) is 2.82. The number of methoxy groups -OCH3 is 1. The third-order valence-electron chi connectivity index (χ3n) is 2.26. The molecule has 5 nitrogen and oxygen atoms in total. The number of rotatable bonds is 6. The molecule has 0 unspecified atom stereocenters. The molecule has 0 saturated carbocycles. The second-order valence-electron chi connectivity index (χ2n) is 3.68. The highest BCUT2D eigenvalue weighted by atomic mass is 32.1. The zero-order chi connectivity index (χ0) is 12.5. The van der Waals surface area contributed by atoms with Gasteiger partial charge in [-0.3, -0.25) is 10.4 Å². The molecule has 0 aliphatic rings. The summed E-state index contributed by atoms with van der Waals surface area (Å²) in [4.78, 5) is 6.38. The normalized spacial score (nSPS) is 11.6. The van der Waals surface area contributed by atoms with Gasteiger partial charge < -0.3 is 9.64 Å². The molecule has 0 aliphatic carbocycles. The fourth-order valence-electron chi connectivity index (χ4n) is 1.40. The van der Waals surface area contributed by atoms with Crippen LogP contribution in [0, 0.1) is 0 Å². The quantitative estimate of drug-likeness (QED) is 0.262. The lowest BCUT2D eigenvalue weighted by Gasteiger charge is -2.20. The van der Waals surface area contributed by atoms with Gasteiger partial charge in [-0.2, -0.15) is 11.3 Å². The monoisotopic (exact) mass is 256 g/mol. The summed E-state index contributed by atoms with van der Waals surface area (Å²) < 4.78 is 4.97. The topological polar surface area (TPSA) is 62.9 Å². The molecule has 1 aromatic rings. The highest BCUT2D eigenvalue weighted by Gasteiger charge is 2.05. The van der Waals surface area contributed by atoms with E-state index in [-0.39, 0.29) is 0 Å². The van der Waals surface area contributed by atoms with Crippen molar-refractivity contribution in [3.8, 4) is 0 Å². The van der Waals surface area contributed by atoms with Crippen LogP contribution in [0.25, 0.3) is 0 Å². The molecule has 0 bridgehead atoms. The molecule has 1 rings (SSSR count). The highest BCUT2D eigenvalue weighted by molar-refractivity contribution is 7.07. The second kappa shape index (κ2) is 8.05. The first kappa shape index (κ1) is 14.0. The van der Waals surface area contributed by atoms with Gasteiger partial charge in [-0.05, 0) is 28.8 Å². The minimum atomic E-state index is 0.701. The van der Waals surface area contributed by atoms with Gasteiger partial charge in [0.1, 0.15) is 0 Å². The number of guanidine groups is 1. The summed E-state index contributed by atoms with van der Waals surface area (Å²) in [5.74, 6) is 6.17. The first-order chi connectivity index (χ1) is 8.27. The molecule has 3 N–H and O–H groups in total. The molecule has 1 heterocycles. The highest BCUT2D eigenvalue weighted by Crippen LogP contribution is 2.08. The molecule has 0 radical (unpaired) electrons. The summed E-state index contributed by atoms with van der Waals surface area (Å²) in [6.45, 7) is 2.23. The molecule has 17 heavy (non-hydrogen) atoms. The predicted molar refractivity (Wildman–Crippen MR) is 71.9 cm³/mol. The number of nitrogens with one attached hydrogen (secondary N) is 1. The molecule has 0 spiro atoms. The van der Waals surface area contributed by atoms with Crippen LogP contribution in [-0.4, -0.2) is 38.2 Å². The van der Waals surface area contributed by atoms with Gasteiger partial charge >= 0.3 is 0 Å². The fraction of sp³-hybridized carbons (Fsp3) is 0.545. The van der Waals surface area contributed by atoms with Crippen molar-refractivity contribution in [3.63, 3.8) is 0 Å². The van der Waals surface area contributed by atoms with Crippen LogP contribution >= 0.6 is 11.3 Å². The van der Waals surface area contributed by atoms with E-state index in [1.807, 2.05) is 11.9 Å². The SMILES string of the molecule is COCCCN=C(NN)N(C)Cc1ccsc1. The molecule has 0 aromatic carbocycles. The van der Waals surface area contributed by atoms with Crippen molar-refractivity contribution >= 4 is 17.3 Å². The number of hydrogen-bond acceptors (Lipinski definition) is 4. The van der Waals surface area contributed by atoms with Crippen LogP contribution in [0.5, 0.6) is 0 Å². The maximum atomic E-state index is 5.47. The number of ether oxygens (including phenoxy) is 1. The fourth-order valence-corrected chi connectivity index (χ4v) is 2.06. The Balaban J connectivity index is 2.42. The van der Waals surface area contributed by atoms with Crippen LogP contribution in [0.15, 0.2) is 21.8 Å². The van der Waals surface area contributed by atoms with Gasteiger partial charge in [0.2, 0.25) is 5.96 Å². The van der Waals surface area contributed by atoms with E-state index in [0.29, 0.717) is 12.5 Å². The average molecular weight is 256 g/mol. The summed E-state index contributed by atoms with van der Waals surface area (Å²) in [5, 5.41) is 4.18. The van der Waals surface area contributed by atoms with E-state index < -0.39 is 0 Å². The Morgan fingerprint density at radius 2 is 2.47 bits per heavy atom. The summed E-state index contributed by atoms with van der Waals surface area (Å²) in [6, 6.07) is 2.10. The minimum absolute atomic E-state index is 0.701. The molecule has 0 amide bonds. The van der Waals surface area contributed by atoms with Gasteiger partial charge in [0.25, 0.3) is 0 Å². The first-order valence-corrected chi connectivity index (χ1v) is 6.44. The van der Waals surface area contributed by atoms with Crippen LogP contribution in [-0.2, 0) is 11.3 Å². The standard InChI is InChI=1S/C11H20N4OS/c1-15(8-10-4-7-17-9-10)11(14-12)13-5-3-6-16-2/h4,7,9H,3,5-6,8,12H2,1-2H3,(H,13,14). The van der Waals surface area contributed by atoms with Crippen molar-refractivity contribution in [2.75, 3.05) is 27.3 Å². The van der Waals surface area contributed by atoms with Crippen LogP contribution in [0.1, 0.15) is 12.0 Å². The van der Waals surface area contributed by atoms with Crippen LogP contribution < -0.4 is 11.3 Å².